The van der Waals surface area contributed by atoms with Crippen molar-refractivity contribution < 1.29 is 22.1 Å². The van der Waals surface area contributed by atoms with Gasteiger partial charge in [0.2, 0.25) is 0 Å². The van der Waals surface area contributed by atoms with Crippen molar-refractivity contribution in [1.29, 1.82) is 0 Å². The summed E-state index contributed by atoms with van der Waals surface area (Å²) in [5, 5.41) is 0. The summed E-state index contributed by atoms with van der Waals surface area (Å²) in [5.41, 5.74) is 0.233. The molecule has 0 spiro atoms. The standard InChI is InChI=1S/C9H18F2O3Si/c1-3-12-15(13-4-2,8-5-6-8)14-7-9(10)11/h8-9H,3-7H2,1-2H3. The van der Waals surface area contributed by atoms with Gasteiger partial charge in [-0.25, -0.2) is 8.78 Å². The van der Waals surface area contributed by atoms with Crippen LogP contribution in [0.1, 0.15) is 26.7 Å². The topological polar surface area (TPSA) is 27.7 Å². The highest BCUT2D eigenvalue weighted by atomic mass is 28.4. The van der Waals surface area contributed by atoms with Gasteiger partial charge in [-0.05, 0) is 26.7 Å². The van der Waals surface area contributed by atoms with E-state index >= 15 is 0 Å². The third-order valence-corrected chi connectivity index (χ3v) is 5.71. The van der Waals surface area contributed by atoms with Crippen molar-refractivity contribution in [3.63, 3.8) is 0 Å². The average molecular weight is 240 g/mol. The van der Waals surface area contributed by atoms with E-state index in [1.807, 2.05) is 13.8 Å². The predicted octanol–water partition coefficient (Wildman–Crippen LogP) is 2.44. The first-order valence-electron chi connectivity index (χ1n) is 5.34. The molecule has 0 amide bonds. The lowest BCUT2D eigenvalue weighted by atomic mass is 10.8. The van der Waals surface area contributed by atoms with Crippen LogP contribution in [0.25, 0.3) is 0 Å². The van der Waals surface area contributed by atoms with E-state index in [-0.39, 0.29) is 5.54 Å². The summed E-state index contributed by atoms with van der Waals surface area (Å²) < 4.78 is 40.5. The van der Waals surface area contributed by atoms with Crippen LogP contribution >= 0.6 is 0 Å². The van der Waals surface area contributed by atoms with Crippen molar-refractivity contribution in [1.82, 2.24) is 0 Å². The zero-order valence-corrected chi connectivity index (χ0v) is 10.2. The number of halogens is 2. The van der Waals surface area contributed by atoms with E-state index in [4.69, 9.17) is 13.3 Å². The molecule has 1 rings (SSSR count). The third-order valence-electron chi connectivity index (χ3n) is 2.18. The lowest BCUT2D eigenvalue weighted by Gasteiger charge is -2.28. The maximum atomic E-state index is 12.1. The Kier molecular flexibility index (Phi) is 5.11. The minimum Gasteiger partial charge on any atom is -0.374 e. The van der Waals surface area contributed by atoms with Crippen LogP contribution in [0.4, 0.5) is 8.78 Å². The van der Waals surface area contributed by atoms with Crippen molar-refractivity contribution in [3.05, 3.63) is 0 Å². The van der Waals surface area contributed by atoms with E-state index in [1.165, 1.54) is 0 Å². The molecule has 1 aliphatic rings. The molecule has 0 aliphatic heterocycles. The van der Waals surface area contributed by atoms with Crippen LogP contribution in [0.2, 0.25) is 5.54 Å². The van der Waals surface area contributed by atoms with E-state index in [9.17, 15) is 8.78 Å². The van der Waals surface area contributed by atoms with Crippen LogP contribution in [-0.2, 0) is 13.3 Å². The van der Waals surface area contributed by atoms with Gasteiger partial charge in [0.15, 0.2) is 0 Å². The van der Waals surface area contributed by atoms with Gasteiger partial charge in [0.05, 0.1) is 6.61 Å². The first-order valence-corrected chi connectivity index (χ1v) is 7.14. The molecule has 0 radical (unpaired) electrons. The fourth-order valence-electron chi connectivity index (χ4n) is 1.50. The van der Waals surface area contributed by atoms with Gasteiger partial charge in [0.25, 0.3) is 6.43 Å². The molecule has 0 saturated heterocycles. The molecule has 6 heteroatoms. The molecule has 1 saturated carbocycles. The van der Waals surface area contributed by atoms with Crippen LogP contribution in [-0.4, -0.2) is 35.1 Å². The lowest BCUT2D eigenvalue weighted by molar-refractivity contribution is 0.0118. The van der Waals surface area contributed by atoms with Crippen molar-refractivity contribution in [2.45, 2.75) is 38.7 Å². The number of hydrogen-bond acceptors (Lipinski definition) is 3. The maximum absolute atomic E-state index is 12.1. The number of rotatable bonds is 8. The van der Waals surface area contributed by atoms with Crippen LogP contribution in [0.3, 0.4) is 0 Å². The fraction of sp³-hybridized carbons (Fsp3) is 1.00. The molecule has 1 fully saturated rings. The largest absolute Gasteiger partial charge is 0.504 e. The Labute approximate surface area is 90.1 Å². The maximum Gasteiger partial charge on any atom is 0.504 e. The summed E-state index contributed by atoms with van der Waals surface area (Å²) in [5.74, 6) is 0. The van der Waals surface area contributed by atoms with Gasteiger partial charge >= 0.3 is 8.80 Å². The van der Waals surface area contributed by atoms with Gasteiger partial charge in [-0.15, -0.1) is 0 Å². The molecule has 0 N–H and O–H groups in total. The predicted molar refractivity (Wildman–Crippen MR) is 53.9 cm³/mol. The molecule has 0 atom stereocenters. The van der Waals surface area contributed by atoms with Crippen molar-refractivity contribution in [2.24, 2.45) is 0 Å². The van der Waals surface area contributed by atoms with E-state index in [0.29, 0.717) is 13.2 Å². The Morgan fingerprint density at radius 3 is 2.00 bits per heavy atom. The van der Waals surface area contributed by atoms with Gasteiger partial charge in [-0.2, -0.15) is 0 Å². The minimum absolute atomic E-state index is 0.233. The van der Waals surface area contributed by atoms with E-state index < -0.39 is 21.8 Å². The van der Waals surface area contributed by atoms with Gasteiger partial charge < -0.3 is 13.3 Å². The second-order valence-corrected chi connectivity index (χ2v) is 6.34. The summed E-state index contributed by atoms with van der Waals surface area (Å²) in [7, 11) is -2.80. The molecule has 0 aromatic carbocycles. The molecule has 1 aliphatic carbocycles. The highest BCUT2D eigenvalue weighted by molar-refractivity contribution is 6.63. The highest BCUT2D eigenvalue weighted by Crippen LogP contribution is 2.46. The molecule has 90 valence electrons. The number of hydrogen-bond donors (Lipinski definition) is 0. The monoisotopic (exact) mass is 240 g/mol. The van der Waals surface area contributed by atoms with Gasteiger partial charge in [0, 0.05) is 18.8 Å². The molecule has 3 nitrogen and oxygen atoms in total. The van der Waals surface area contributed by atoms with Crippen molar-refractivity contribution in [3.8, 4) is 0 Å². The van der Waals surface area contributed by atoms with E-state index in [0.717, 1.165) is 12.8 Å². The molecule has 0 aromatic heterocycles. The summed E-state index contributed by atoms with van der Waals surface area (Å²) in [4.78, 5) is 0. The summed E-state index contributed by atoms with van der Waals surface area (Å²) in [6.07, 6.45) is -0.526. The fourth-order valence-corrected chi connectivity index (χ4v) is 4.49. The summed E-state index contributed by atoms with van der Waals surface area (Å²) in [6.45, 7) is 3.98. The molecule has 0 heterocycles. The molecular formula is C9H18F2O3Si. The van der Waals surface area contributed by atoms with E-state index in [1.54, 1.807) is 0 Å². The molecule has 15 heavy (non-hydrogen) atoms. The zero-order valence-electron chi connectivity index (χ0n) is 9.17. The van der Waals surface area contributed by atoms with Gasteiger partial charge in [0.1, 0.15) is 0 Å². The summed E-state index contributed by atoms with van der Waals surface area (Å²) >= 11 is 0. The Morgan fingerprint density at radius 1 is 1.13 bits per heavy atom. The first kappa shape index (κ1) is 13.0. The average Bonchev–Trinajstić information content (AvgIpc) is 2.98. The van der Waals surface area contributed by atoms with Crippen molar-refractivity contribution in [2.75, 3.05) is 19.8 Å². The molecular weight excluding hydrogens is 222 g/mol. The Morgan fingerprint density at radius 2 is 1.67 bits per heavy atom. The van der Waals surface area contributed by atoms with Crippen LogP contribution in [0, 0.1) is 0 Å². The minimum atomic E-state index is -2.80. The van der Waals surface area contributed by atoms with Crippen molar-refractivity contribution >= 4 is 8.80 Å². The Balaban J connectivity index is 2.54. The Bertz CT molecular complexity index is 182. The molecule has 0 bridgehead atoms. The van der Waals surface area contributed by atoms with Crippen LogP contribution in [0.15, 0.2) is 0 Å². The molecule has 0 aromatic rings. The normalized spacial score (nSPS) is 17.4. The van der Waals surface area contributed by atoms with Crippen LogP contribution < -0.4 is 0 Å². The SMILES string of the molecule is CCO[Si](OCC)(OCC(F)F)C1CC1. The smallest absolute Gasteiger partial charge is 0.374 e. The van der Waals surface area contributed by atoms with Gasteiger partial charge in [-0.3, -0.25) is 0 Å². The number of alkyl halides is 2. The second-order valence-electron chi connectivity index (χ2n) is 3.45. The lowest BCUT2D eigenvalue weighted by Crippen LogP contribution is -2.47. The Hall–Kier alpha value is -0.0431. The highest BCUT2D eigenvalue weighted by Gasteiger charge is 2.55. The quantitative estimate of drug-likeness (QED) is 0.610. The summed E-state index contributed by atoms with van der Waals surface area (Å²) in [6, 6.07) is 0. The van der Waals surface area contributed by atoms with Gasteiger partial charge in [-0.1, -0.05) is 0 Å². The van der Waals surface area contributed by atoms with E-state index in [2.05, 4.69) is 0 Å². The molecule has 0 unspecified atom stereocenters. The van der Waals surface area contributed by atoms with Crippen LogP contribution in [0.5, 0.6) is 0 Å². The second kappa shape index (κ2) is 5.88. The first-order chi connectivity index (χ1) is 7.14. The third kappa shape index (κ3) is 3.79. The zero-order chi connectivity index (χ0) is 11.3.